The van der Waals surface area contributed by atoms with Crippen LogP contribution in [0.5, 0.6) is 0 Å². The van der Waals surface area contributed by atoms with E-state index >= 15 is 0 Å². The molecular formula is C13H11N5O2S. The van der Waals surface area contributed by atoms with Crippen molar-refractivity contribution in [3.05, 3.63) is 61.6 Å². The molecule has 0 saturated carbocycles. The van der Waals surface area contributed by atoms with Crippen LogP contribution in [0.15, 0.2) is 66.5 Å². The van der Waals surface area contributed by atoms with Gasteiger partial charge in [0, 0.05) is 24.8 Å². The van der Waals surface area contributed by atoms with Gasteiger partial charge in [-0.05, 0) is 24.3 Å². The Bertz CT molecular complexity index is 815. The van der Waals surface area contributed by atoms with Crippen molar-refractivity contribution in [2.24, 2.45) is 0 Å². The van der Waals surface area contributed by atoms with Crippen LogP contribution in [-0.4, -0.2) is 27.9 Å². The maximum atomic E-state index is 12.1. The fourth-order valence-electron chi connectivity index (χ4n) is 1.71. The highest BCUT2D eigenvalue weighted by Crippen LogP contribution is 2.15. The smallest absolute Gasteiger partial charge is 0.263 e. The molecule has 7 nitrogen and oxygen atoms in total. The van der Waals surface area contributed by atoms with Crippen molar-refractivity contribution in [3.63, 3.8) is 0 Å². The van der Waals surface area contributed by atoms with Crippen molar-refractivity contribution in [2.45, 2.75) is 4.90 Å². The summed E-state index contributed by atoms with van der Waals surface area (Å²) in [6.45, 7) is 0. The van der Waals surface area contributed by atoms with Crippen LogP contribution in [-0.2, 0) is 10.0 Å². The van der Waals surface area contributed by atoms with Crippen molar-refractivity contribution in [3.8, 4) is 5.82 Å². The summed E-state index contributed by atoms with van der Waals surface area (Å²) in [7, 11) is -3.65. The van der Waals surface area contributed by atoms with Crippen LogP contribution in [0.1, 0.15) is 0 Å². The van der Waals surface area contributed by atoms with Crippen LogP contribution >= 0.6 is 0 Å². The molecule has 0 radical (unpaired) electrons. The van der Waals surface area contributed by atoms with Crippen LogP contribution in [0.2, 0.25) is 0 Å². The lowest BCUT2D eigenvalue weighted by atomic mass is 10.4. The van der Waals surface area contributed by atoms with Gasteiger partial charge in [0.25, 0.3) is 10.0 Å². The molecule has 0 amide bonds. The molecule has 0 unspecified atom stereocenters. The highest BCUT2D eigenvalue weighted by atomic mass is 32.2. The van der Waals surface area contributed by atoms with Crippen LogP contribution < -0.4 is 4.72 Å². The summed E-state index contributed by atoms with van der Waals surface area (Å²) in [6.07, 6.45) is 9.25. The first-order chi connectivity index (χ1) is 10.1. The van der Waals surface area contributed by atoms with Crippen LogP contribution in [0.3, 0.4) is 0 Å². The average Bonchev–Trinajstić information content (AvgIpc) is 3.03. The standard InChI is InChI=1S/C13H11N5O2S/c19-21(20,12-2-1-5-14-9-12)17-11-3-4-13(16-8-11)18-7-6-15-10-18/h1-10,17H. The number of nitrogens with zero attached hydrogens (tertiary/aromatic N) is 4. The Morgan fingerprint density at radius 1 is 1.05 bits per heavy atom. The summed E-state index contributed by atoms with van der Waals surface area (Å²) >= 11 is 0. The molecule has 3 aromatic heterocycles. The third-order valence-corrected chi connectivity index (χ3v) is 4.08. The fraction of sp³-hybridized carbons (Fsp3) is 0. The number of anilines is 1. The largest absolute Gasteiger partial charge is 0.291 e. The van der Waals surface area contributed by atoms with Gasteiger partial charge in [-0.3, -0.25) is 14.3 Å². The van der Waals surface area contributed by atoms with Gasteiger partial charge >= 0.3 is 0 Å². The Hall–Kier alpha value is -2.74. The second-order valence-corrected chi connectivity index (χ2v) is 5.85. The average molecular weight is 301 g/mol. The SMILES string of the molecule is O=S(=O)(Nc1ccc(-n2ccnc2)nc1)c1cccnc1. The van der Waals surface area contributed by atoms with Gasteiger partial charge in [-0.2, -0.15) is 0 Å². The maximum absolute atomic E-state index is 12.1. The lowest BCUT2D eigenvalue weighted by Gasteiger charge is -2.08. The molecular weight excluding hydrogens is 290 g/mol. The summed E-state index contributed by atoms with van der Waals surface area (Å²) in [4.78, 5) is 12.0. The third-order valence-electron chi connectivity index (χ3n) is 2.71. The number of sulfonamides is 1. The van der Waals surface area contributed by atoms with Gasteiger partial charge in [-0.15, -0.1) is 0 Å². The predicted octanol–water partition coefficient (Wildman–Crippen LogP) is 1.46. The molecule has 8 heteroatoms. The first kappa shape index (κ1) is 13.3. The van der Waals surface area contributed by atoms with Crippen molar-refractivity contribution >= 4 is 15.7 Å². The summed E-state index contributed by atoms with van der Waals surface area (Å²) in [5.41, 5.74) is 0.378. The molecule has 0 bridgehead atoms. The summed E-state index contributed by atoms with van der Waals surface area (Å²) in [5.74, 6) is 0.650. The number of pyridine rings is 2. The third kappa shape index (κ3) is 2.90. The Morgan fingerprint density at radius 3 is 2.57 bits per heavy atom. The van der Waals surface area contributed by atoms with E-state index in [0.717, 1.165) is 0 Å². The van der Waals surface area contributed by atoms with E-state index in [0.29, 0.717) is 11.5 Å². The van der Waals surface area contributed by atoms with Gasteiger partial charge in [0.1, 0.15) is 17.0 Å². The zero-order valence-electron chi connectivity index (χ0n) is 10.8. The van der Waals surface area contributed by atoms with Crippen molar-refractivity contribution < 1.29 is 8.42 Å². The van der Waals surface area contributed by atoms with E-state index in [1.54, 1.807) is 41.5 Å². The van der Waals surface area contributed by atoms with Crippen molar-refractivity contribution in [2.75, 3.05) is 4.72 Å². The maximum Gasteiger partial charge on any atom is 0.263 e. The van der Waals surface area contributed by atoms with Gasteiger partial charge in [-0.1, -0.05) is 0 Å². The minimum atomic E-state index is -3.65. The van der Waals surface area contributed by atoms with E-state index in [4.69, 9.17) is 0 Å². The second-order valence-electron chi connectivity index (χ2n) is 4.17. The Labute approximate surface area is 121 Å². The minimum absolute atomic E-state index is 0.101. The zero-order chi connectivity index (χ0) is 14.7. The quantitative estimate of drug-likeness (QED) is 0.788. The van der Waals surface area contributed by atoms with E-state index in [2.05, 4.69) is 19.7 Å². The van der Waals surface area contributed by atoms with Crippen LogP contribution in [0.4, 0.5) is 5.69 Å². The van der Waals surface area contributed by atoms with Crippen molar-refractivity contribution in [1.82, 2.24) is 19.5 Å². The van der Waals surface area contributed by atoms with E-state index in [9.17, 15) is 8.42 Å². The topological polar surface area (TPSA) is 89.8 Å². The highest BCUT2D eigenvalue weighted by molar-refractivity contribution is 7.92. The van der Waals surface area contributed by atoms with Gasteiger partial charge in [0.05, 0.1) is 11.9 Å². The van der Waals surface area contributed by atoms with Crippen molar-refractivity contribution in [1.29, 1.82) is 0 Å². The number of hydrogen-bond acceptors (Lipinski definition) is 5. The Kier molecular flexibility index (Phi) is 3.36. The fourth-order valence-corrected chi connectivity index (χ4v) is 2.72. The summed E-state index contributed by atoms with van der Waals surface area (Å²) in [6, 6.07) is 6.37. The van der Waals surface area contributed by atoms with Crippen LogP contribution in [0, 0.1) is 0 Å². The van der Waals surface area contributed by atoms with Gasteiger partial charge in [0.15, 0.2) is 0 Å². The first-order valence-corrected chi connectivity index (χ1v) is 7.51. The molecule has 1 N–H and O–H groups in total. The highest BCUT2D eigenvalue weighted by Gasteiger charge is 2.14. The second kappa shape index (κ2) is 5.33. The monoisotopic (exact) mass is 301 g/mol. The van der Waals surface area contributed by atoms with E-state index < -0.39 is 10.0 Å². The van der Waals surface area contributed by atoms with Crippen LogP contribution in [0.25, 0.3) is 5.82 Å². The lowest BCUT2D eigenvalue weighted by Crippen LogP contribution is -2.13. The number of rotatable bonds is 4. The van der Waals surface area contributed by atoms with Gasteiger partial charge < -0.3 is 0 Å². The summed E-state index contributed by atoms with van der Waals surface area (Å²) in [5, 5.41) is 0. The molecule has 21 heavy (non-hydrogen) atoms. The molecule has 0 aliphatic carbocycles. The molecule has 0 atom stereocenters. The van der Waals surface area contributed by atoms with E-state index in [-0.39, 0.29) is 4.90 Å². The molecule has 0 aromatic carbocycles. The molecule has 0 spiro atoms. The number of imidazole rings is 1. The summed E-state index contributed by atoms with van der Waals surface area (Å²) < 4.78 is 28.4. The molecule has 0 aliphatic heterocycles. The van der Waals surface area contributed by atoms with E-state index in [1.807, 2.05) is 0 Å². The molecule has 0 aliphatic rings. The van der Waals surface area contributed by atoms with Gasteiger partial charge in [-0.25, -0.2) is 18.4 Å². The number of nitrogens with one attached hydrogen (secondary N) is 1. The van der Waals surface area contributed by atoms with Gasteiger partial charge in [0.2, 0.25) is 0 Å². The normalized spacial score (nSPS) is 11.2. The Morgan fingerprint density at radius 2 is 1.95 bits per heavy atom. The zero-order valence-corrected chi connectivity index (χ0v) is 11.6. The molecule has 106 valence electrons. The van der Waals surface area contributed by atoms with E-state index in [1.165, 1.54) is 24.7 Å². The Balaban J connectivity index is 1.83. The molecule has 0 fully saturated rings. The molecule has 3 aromatic rings. The molecule has 3 heterocycles. The minimum Gasteiger partial charge on any atom is -0.291 e. The molecule has 3 rings (SSSR count). The number of aromatic nitrogens is 4. The lowest BCUT2D eigenvalue weighted by molar-refractivity contribution is 0.601. The number of hydrogen-bond donors (Lipinski definition) is 1. The predicted molar refractivity (Wildman–Crippen MR) is 76.4 cm³/mol. The first-order valence-electron chi connectivity index (χ1n) is 6.02. The molecule has 0 saturated heterocycles.